The van der Waals surface area contributed by atoms with Crippen molar-refractivity contribution in [1.29, 1.82) is 0 Å². The largest absolute Gasteiger partial charge is 0.337 e. The fourth-order valence-electron chi connectivity index (χ4n) is 2.01. The summed E-state index contributed by atoms with van der Waals surface area (Å²) >= 11 is 1.17. The number of amides is 1. The normalized spacial score (nSPS) is 17.9. The number of hydrogen-bond donors (Lipinski definition) is 2. The van der Waals surface area contributed by atoms with Gasteiger partial charge in [-0.2, -0.15) is 4.98 Å². The van der Waals surface area contributed by atoms with E-state index in [0.717, 1.165) is 19.4 Å². The molecule has 0 aromatic carbocycles. The average Bonchev–Trinajstić information content (AvgIpc) is 3.19. The minimum absolute atomic E-state index is 0.0169. The van der Waals surface area contributed by atoms with E-state index in [4.69, 9.17) is 4.52 Å². The first-order valence-corrected chi connectivity index (χ1v) is 7.36. The molecule has 2 N–H and O–H groups in total. The van der Waals surface area contributed by atoms with E-state index in [1.807, 2.05) is 0 Å². The number of thiazole rings is 1. The van der Waals surface area contributed by atoms with Gasteiger partial charge in [-0.05, 0) is 19.4 Å². The Hall–Kier alpha value is -2.13. The topological polar surface area (TPSA) is 110 Å². The molecule has 1 unspecified atom stereocenters. The van der Waals surface area contributed by atoms with Gasteiger partial charge in [0, 0.05) is 12.3 Å². The van der Waals surface area contributed by atoms with Crippen LogP contribution in [0.4, 0.5) is 5.13 Å². The Labute approximate surface area is 124 Å². The summed E-state index contributed by atoms with van der Waals surface area (Å²) in [7, 11) is 0. The summed E-state index contributed by atoms with van der Waals surface area (Å²) in [6.45, 7) is 2.32. The van der Waals surface area contributed by atoms with Gasteiger partial charge in [0.1, 0.15) is 5.69 Å². The fraction of sp³-hybridized carbons (Fsp3) is 0.417. The molecule has 0 saturated carbocycles. The monoisotopic (exact) mass is 307 g/mol. The van der Waals surface area contributed by atoms with Crippen LogP contribution in [-0.4, -0.2) is 33.4 Å². The third-order valence-electron chi connectivity index (χ3n) is 3.09. The number of hydrogen-bond acceptors (Lipinski definition) is 8. The van der Waals surface area contributed by atoms with E-state index in [9.17, 15) is 9.59 Å². The predicted octanol–water partition coefficient (Wildman–Crippen LogP) is 1.41. The number of anilines is 1. The highest BCUT2D eigenvalue weighted by atomic mass is 32.1. The molecule has 1 aliphatic rings. The molecule has 9 heteroatoms. The second-order valence-electron chi connectivity index (χ2n) is 4.65. The lowest BCUT2D eigenvalue weighted by atomic mass is 10.2. The molecule has 1 aliphatic heterocycles. The predicted molar refractivity (Wildman–Crippen MR) is 74.3 cm³/mol. The molecule has 0 spiro atoms. The molecule has 0 bridgehead atoms. The minimum atomic E-state index is -0.507. The number of rotatable bonds is 4. The van der Waals surface area contributed by atoms with Crippen LogP contribution in [0.3, 0.4) is 0 Å². The van der Waals surface area contributed by atoms with Gasteiger partial charge < -0.3 is 9.84 Å². The van der Waals surface area contributed by atoms with E-state index in [1.165, 1.54) is 18.3 Å². The summed E-state index contributed by atoms with van der Waals surface area (Å²) in [5, 5.41) is 11.3. The van der Waals surface area contributed by atoms with Gasteiger partial charge in [0.15, 0.2) is 10.9 Å². The number of carbonyl (C=O) groups excluding carboxylic acids is 2. The average molecular weight is 307 g/mol. The zero-order valence-electron chi connectivity index (χ0n) is 11.3. The standard InChI is InChI=1S/C12H13N5O3S/c1-6(18)8-5-21-12(14-8)16-10(19)9-15-11(20-17-9)7-3-2-4-13-7/h5,7,13H,2-4H2,1H3,(H,14,16,19). The number of carbonyl (C=O) groups is 2. The smallest absolute Gasteiger partial charge is 0.298 e. The van der Waals surface area contributed by atoms with Gasteiger partial charge in [0.2, 0.25) is 5.89 Å². The SMILES string of the molecule is CC(=O)c1csc(NC(=O)c2noc(C3CCCN3)n2)n1. The Kier molecular flexibility index (Phi) is 3.76. The van der Waals surface area contributed by atoms with E-state index in [2.05, 4.69) is 25.8 Å². The van der Waals surface area contributed by atoms with Gasteiger partial charge in [-0.25, -0.2) is 4.98 Å². The van der Waals surface area contributed by atoms with Crippen LogP contribution in [0.25, 0.3) is 0 Å². The lowest BCUT2D eigenvalue weighted by Gasteiger charge is -2.01. The van der Waals surface area contributed by atoms with Gasteiger partial charge in [0.25, 0.3) is 11.7 Å². The zero-order valence-corrected chi connectivity index (χ0v) is 12.1. The summed E-state index contributed by atoms with van der Waals surface area (Å²) < 4.78 is 5.10. The number of Topliss-reactive ketones (excluding diaryl/α,β-unsaturated/α-hetero) is 1. The molecule has 1 saturated heterocycles. The highest BCUT2D eigenvalue weighted by Crippen LogP contribution is 2.21. The molecule has 1 fully saturated rings. The summed E-state index contributed by atoms with van der Waals surface area (Å²) in [6.07, 6.45) is 1.96. The van der Waals surface area contributed by atoms with Crippen LogP contribution < -0.4 is 10.6 Å². The molecule has 2 aromatic heterocycles. The molecule has 8 nitrogen and oxygen atoms in total. The van der Waals surface area contributed by atoms with Gasteiger partial charge in [-0.15, -0.1) is 11.3 Å². The van der Waals surface area contributed by atoms with Gasteiger partial charge in [0.05, 0.1) is 6.04 Å². The quantitative estimate of drug-likeness (QED) is 0.821. The van der Waals surface area contributed by atoms with Crippen molar-refractivity contribution >= 4 is 28.2 Å². The van der Waals surface area contributed by atoms with Crippen molar-refractivity contribution in [3.05, 3.63) is 22.8 Å². The maximum Gasteiger partial charge on any atom is 0.298 e. The van der Waals surface area contributed by atoms with E-state index < -0.39 is 5.91 Å². The van der Waals surface area contributed by atoms with Crippen LogP contribution in [-0.2, 0) is 0 Å². The van der Waals surface area contributed by atoms with Crippen LogP contribution in [0.2, 0.25) is 0 Å². The first-order chi connectivity index (χ1) is 10.1. The summed E-state index contributed by atoms with van der Waals surface area (Å²) in [4.78, 5) is 31.2. The Morgan fingerprint density at radius 3 is 3.00 bits per heavy atom. The van der Waals surface area contributed by atoms with E-state index in [1.54, 1.807) is 5.38 Å². The lowest BCUT2D eigenvalue weighted by Crippen LogP contribution is -2.15. The van der Waals surface area contributed by atoms with E-state index >= 15 is 0 Å². The fourth-order valence-corrected chi connectivity index (χ4v) is 2.75. The molecular formula is C12H13N5O3S. The Morgan fingerprint density at radius 1 is 1.48 bits per heavy atom. The van der Waals surface area contributed by atoms with Crippen molar-refractivity contribution in [2.75, 3.05) is 11.9 Å². The molecule has 1 amide bonds. The molecule has 0 aliphatic carbocycles. The summed E-state index contributed by atoms with van der Waals surface area (Å²) in [6, 6.07) is 0.0169. The van der Waals surface area contributed by atoms with E-state index in [-0.39, 0.29) is 17.6 Å². The zero-order chi connectivity index (χ0) is 14.8. The van der Waals surface area contributed by atoms with Crippen LogP contribution in [0, 0.1) is 0 Å². The van der Waals surface area contributed by atoms with E-state index in [0.29, 0.717) is 16.7 Å². The van der Waals surface area contributed by atoms with Crippen molar-refractivity contribution in [3.8, 4) is 0 Å². The minimum Gasteiger partial charge on any atom is -0.337 e. The van der Waals surface area contributed by atoms with Crippen LogP contribution in [0.5, 0.6) is 0 Å². The third-order valence-corrected chi connectivity index (χ3v) is 3.85. The third kappa shape index (κ3) is 2.98. The van der Waals surface area contributed by atoms with Crippen LogP contribution >= 0.6 is 11.3 Å². The lowest BCUT2D eigenvalue weighted by molar-refractivity contribution is 0.0998. The van der Waals surface area contributed by atoms with Crippen LogP contribution in [0.1, 0.15) is 52.8 Å². The second-order valence-corrected chi connectivity index (χ2v) is 5.51. The summed E-state index contributed by atoms with van der Waals surface area (Å²) in [5.74, 6) is -0.284. The Morgan fingerprint density at radius 2 is 2.33 bits per heavy atom. The molecule has 3 rings (SSSR count). The summed E-state index contributed by atoms with van der Waals surface area (Å²) in [5.41, 5.74) is 0.319. The maximum absolute atomic E-state index is 12.0. The number of aromatic nitrogens is 3. The number of nitrogens with zero attached hydrogens (tertiary/aromatic N) is 3. The molecule has 2 aromatic rings. The number of nitrogens with one attached hydrogen (secondary N) is 2. The molecular weight excluding hydrogens is 294 g/mol. The molecule has 110 valence electrons. The molecule has 1 atom stereocenters. The Bertz CT molecular complexity index is 674. The maximum atomic E-state index is 12.0. The molecule has 3 heterocycles. The van der Waals surface area contributed by atoms with Crippen molar-refractivity contribution in [2.24, 2.45) is 0 Å². The van der Waals surface area contributed by atoms with Crippen LogP contribution in [0.15, 0.2) is 9.90 Å². The first-order valence-electron chi connectivity index (χ1n) is 6.48. The highest BCUT2D eigenvalue weighted by Gasteiger charge is 2.24. The van der Waals surface area contributed by atoms with Crippen molar-refractivity contribution in [1.82, 2.24) is 20.4 Å². The molecule has 0 radical (unpaired) electrons. The van der Waals surface area contributed by atoms with Crippen molar-refractivity contribution in [3.63, 3.8) is 0 Å². The second kappa shape index (κ2) is 5.70. The Balaban J connectivity index is 1.68. The van der Waals surface area contributed by atoms with Gasteiger partial charge >= 0.3 is 0 Å². The first kappa shape index (κ1) is 13.8. The molecule has 21 heavy (non-hydrogen) atoms. The van der Waals surface area contributed by atoms with Crippen molar-refractivity contribution < 1.29 is 14.1 Å². The van der Waals surface area contributed by atoms with Gasteiger partial charge in [-0.1, -0.05) is 5.16 Å². The number of ketones is 1. The highest BCUT2D eigenvalue weighted by molar-refractivity contribution is 7.14. The van der Waals surface area contributed by atoms with Crippen molar-refractivity contribution in [2.45, 2.75) is 25.8 Å². The van der Waals surface area contributed by atoms with Gasteiger partial charge in [-0.3, -0.25) is 14.9 Å².